The number of carbonyl (C=O) groups excluding carboxylic acids is 2. The molecule has 2 fully saturated rings. The van der Waals surface area contributed by atoms with Gasteiger partial charge in [-0.25, -0.2) is 13.8 Å². The summed E-state index contributed by atoms with van der Waals surface area (Å²) in [6.07, 6.45) is -1.55. The molecule has 4 heterocycles. The predicted molar refractivity (Wildman–Crippen MR) is 139 cm³/mol. The summed E-state index contributed by atoms with van der Waals surface area (Å²) in [6, 6.07) is 6.53. The molecule has 0 aliphatic carbocycles. The van der Waals surface area contributed by atoms with Gasteiger partial charge in [0.25, 0.3) is 6.01 Å². The molecule has 0 spiro atoms. The Morgan fingerprint density at radius 1 is 0.854 bits per heavy atom. The number of halogens is 5. The lowest BCUT2D eigenvalue weighted by atomic mass is 10.1. The largest absolute Gasteiger partial charge is 0.437 e. The normalized spacial score (nSPS) is 16.3. The lowest BCUT2D eigenvalue weighted by Gasteiger charge is -2.35. The molecule has 0 bridgehead atoms. The molecule has 13 heteroatoms. The third-order valence-electron chi connectivity index (χ3n) is 7.28. The fourth-order valence-electron chi connectivity index (χ4n) is 5.03. The number of rotatable bonds is 7. The van der Waals surface area contributed by atoms with Gasteiger partial charge in [0.2, 0.25) is 17.5 Å². The first-order valence-electron chi connectivity index (χ1n) is 13.4. The highest BCUT2D eigenvalue weighted by Crippen LogP contribution is 2.35. The molecule has 8 nitrogen and oxygen atoms in total. The second-order valence-electron chi connectivity index (χ2n) is 10.1. The molecule has 0 saturated carbocycles. The van der Waals surface area contributed by atoms with E-state index in [4.69, 9.17) is 4.42 Å². The van der Waals surface area contributed by atoms with E-state index in [1.54, 1.807) is 17.0 Å². The molecular formula is C28H28F5N5O3. The SMILES string of the molecule is O=C(Cc1ccc(N2CCN(C(=O)Cc3c(F)cccc3F)CC2)nc1)c1oc(N2CCCCC2)nc1C(F)(F)F. The van der Waals surface area contributed by atoms with Gasteiger partial charge in [-0.05, 0) is 43.0 Å². The Morgan fingerprint density at radius 3 is 2.15 bits per heavy atom. The van der Waals surface area contributed by atoms with Crippen molar-refractivity contribution in [2.75, 3.05) is 49.1 Å². The molecule has 3 aromatic rings. The minimum Gasteiger partial charge on any atom is -0.420 e. The summed E-state index contributed by atoms with van der Waals surface area (Å²) in [5.74, 6) is -3.00. The highest BCUT2D eigenvalue weighted by Gasteiger charge is 2.41. The van der Waals surface area contributed by atoms with E-state index in [2.05, 4.69) is 9.97 Å². The van der Waals surface area contributed by atoms with E-state index >= 15 is 0 Å². The first-order valence-corrected chi connectivity index (χ1v) is 13.4. The van der Waals surface area contributed by atoms with Crippen molar-refractivity contribution in [1.29, 1.82) is 0 Å². The Balaban J connectivity index is 1.19. The summed E-state index contributed by atoms with van der Waals surface area (Å²) in [4.78, 5) is 38.5. The molecule has 2 aliphatic rings. The number of piperazine rings is 1. The van der Waals surface area contributed by atoms with E-state index in [1.165, 1.54) is 17.2 Å². The van der Waals surface area contributed by atoms with E-state index in [0.29, 0.717) is 50.6 Å². The van der Waals surface area contributed by atoms with Gasteiger partial charge in [-0.3, -0.25) is 9.59 Å². The Labute approximate surface area is 232 Å². The topological polar surface area (TPSA) is 82.8 Å². The number of carbonyl (C=O) groups is 2. The average molecular weight is 578 g/mol. The molecule has 218 valence electrons. The van der Waals surface area contributed by atoms with Crippen molar-refractivity contribution in [3.63, 3.8) is 0 Å². The zero-order valence-electron chi connectivity index (χ0n) is 22.1. The number of hydrogen-bond acceptors (Lipinski definition) is 7. The van der Waals surface area contributed by atoms with Crippen LogP contribution in [0.1, 0.15) is 46.6 Å². The number of oxazole rings is 1. The average Bonchev–Trinajstić information content (AvgIpc) is 3.43. The monoisotopic (exact) mass is 577 g/mol. The van der Waals surface area contributed by atoms with Gasteiger partial charge in [-0.1, -0.05) is 12.1 Å². The van der Waals surface area contributed by atoms with E-state index in [9.17, 15) is 31.5 Å². The molecule has 0 atom stereocenters. The van der Waals surface area contributed by atoms with Crippen LogP contribution in [0.15, 0.2) is 40.9 Å². The van der Waals surface area contributed by atoms with Crippen LogP contribution in [0.2, 0.25) is 0 Å². The van der Waals surface area contributed by atoms with Crippen molar-refractivity contribution in [3.05, 3.63) is 70.7 Å². The first-order chi connectivity index (χ1) is 19.6. The first kappa shape index (κ1) is 28.5. The van der Waals surface area contributed by atoms with Crippen LogP contribution in [0, 0.1) is 11.6 Å². The van der Waals surface area contributed by atoms with E-state index < -0.39 is 35.0 Å². The van der Waals surface area contributed by atoms with Gasteiger partial charge in [-0.15, -0.1) is 0 Å². The van der Waals surface area contributed by atoms with Crippen LogP contribution in [0.5, 0.6) is 0 Å². The zero-order valence-corrected chi connectivity index (χ0v) is 22.1. The highest BCUT2D eigenvalue weighted by atomic mass is 19.4. The van der Waals surface area contributed by atoms with Crippen molar-refractivity contribution in [2.24, 2.45) is 0 Å². The number of hydrogen-bond donors (Lipinski definition) is 0. The molecule has 0 N–H and O–H groups in total. The number of pyridine rings is 1. The minimum atomic E-state index is -4.84. The second-order valence-corrected chi connectivity index (χ2v) is 10.1. The maximum absolute atomic E-state index is 13.9. The number of ketones is 1. The molecule has 2 aromatic heterocycles. The van der Waals surface area contributed by atoms with Gasteiger partial charge in [0.1, 0.15) is 17.5 Å². The summed E-state index contributed by atoms with van der Waals surface area (Å²) in [6.45, 7) is 2.52. The van der Waals surface area contributed by atoms with E-state index in [-0.39, 0.29) is 30.3 Å². The van der Waals surface area contributed by atoms with Gasteiger partial charge < -0.3 is 19.1 Å². The predicted octanol–water partition coefficient (Wildman–Crippen LogP) is 4.67. The van der Waals surface area contributed by atoms with Crippen LogP contribution in [-0.4, -0.2) is 65.8 Å². The van der Waals surface area contributed by atoms with Crippen LogP contribution in [0.4, 0.5) is 33.8 Å². The van der Waals surface area contributed by atoms with Crippen LogP contribution in [0.25, 0.3) is 0 Å². The Bertz CT molecular complexity index is 1370. The summed E-state index contributed by atoms with van der Waals surface area (Å²) >= 11 is 0. The number of Topliss-reactive ketones (excluding diaryl/α,β-unsaturated/α-hetero) is 1. The van der Waals surface area contributed by atoms with Crippen molar-refractivity contribution in [2.45, 2.75) is 38.3 Å². The number of anilines is 2. The number of benzene rings is 1. The Hall–Kier alpha value is -4.03. The van der Waals surface area contributed by atoms with E-state index in [1.807, 2.05) is 4.90 Å². The van der Waals surface area contributed by atoms with E-state index in [0.717, 1.165) is 31.4 Å². The van der Waals surface area contributed by atoms with Gasteiger partial charge in [0, 0.05) is 57.4 Å². The third kappa shape index (κ3) is 6.49. The minimum absolute atomic E-state index is 0.189. The molecule has 1 amide bonds. The standard InChI is InChI=1S/C28H28F5N5O3/c29-20-5-4-6-21(30)19(20)16-24(40)37-13-11-36(12-14-37)23-8-7-18(17-34-23)15-22(39)25-26(28(31,32)33)35-27(41-25)38-9-2-1-3-10-38/h4-8,17H,1-3,9-16H2. The third-order valence-corrected chi connectivity index (χ3v) is 7.28. The van der Waals surface area contributed by atoms with Crippen molar-refractivity contribution >= 4 is 23.5 Å². The molecule has 41 heavy (non-hydrogen) atoms. The summed E-state index contributed by atoms with van der Waals surface area (Å²) < 4.78 is 74.1. The van der Waals surface area contributed by atoms with Crippen molar-refractivity contribution in [1.82, 2.24) is 14.9 Å². The van der Waals surface area contributed by atoms with Crippen molar-refractivity contribution in [3.8, 4) is 0 Å². The molecule has 2 saturated heterocycles. The fraction of sp³-hybridized carbons (Fsp3) is 0.429. The number of amides is 1. The second kappa shape index (κ2) is 11.8. The van der Waals surface area contributed by atoms with Crippen LogP contribution in [0.3, 0.4) is 0 Å². The summed E-state index contributed by atoms with van der Waals surface area (Å²) in [7, 11) is 0. The maximum Gasteiger partial charge on any atom is 0.437 e. The quantitative estimate of drug-likeness (QED) is 0.298. The number of piperidine rings is 1. The van der Waals surface area contributed by atoms with Gasteiger partial charge >= 0.3 is 6.18 Å². The summed E-state index contributed by atoms with van der Waals surface area (Å²) in [5, 5.41) is 0. The number of aromatic nitrogens is 2. The van der Waals surface area contributed by atoms with Crippen molar-refractivity contribution < 1.29 is 36.0 Å². The summed E-state index contributed by atoms with van der Waals surface area (Å²) in [5.41, 5.74) is -1.18. The fourth-order valence-corrected chi connectivity index (χ4v) is 5.03. The smallest absolute Gasteiger partial charge is 0.420 e. The molecule has 2 aliphatic heterocycles. The van der Waals surface area contributed by atoms with Crippen LogP contribution in [-0.2, 0) is 23.8 Å². The van der Waals surface area contributed by atoms with Gasteiger partial charge in [0.05, 0.1) is 6.42 Å². The Morgan fingerprint density at radius 2 is 1.54 bits per heavy atom. The zero-order chi connectivity index (χ0) is 29.1. The number of nitrogens with zero attached hydrogens (tertiary/aromatic N) is 5. The molecular weight excluding hydrogens is 549 g/mol. The van der Waals surface area contributed by atoms with Gasteiger partial charge in [0.15, 0.2) is 5.69 Å². The van der Waals surface area contributed by atoms with Gasteiger partial charge in [-0.2, -0.15) is 18.2 Å². The maximum atomic E-state index is 13.9. The highest BCUT2D eigenvalue weighted by molar-refractivity contribution is 5.96. The van der Waals surface area contributed by atoms with Crippen LogP contribution < -0.4 is 9.80 Å². The Kier molecular flexibility index (Phi) is 8.22. The lowest BCUT2D eigenvalue weighted by molar-refractivity contribution is -0.141. The molecule has 5 rings (SSSR count). The molecule has 0 radical (unpaired) electrons. The molecule has 1 aromatic carbocycles. The van der Waals surface area contributed by atoms with Crippen LogP contribution >= 0.6 is 0 Å². The molecule has 0 unspecified atom stereocenters. The number of alkyl halides is 3. The lowest BCUT2D eigenvalue weighted by Crippen LogP contribution is -2.49.